The van der Waals surface area contributed by atoms with Crippen molar-refractivity contribution < 1.29 is 9.53 Å². The minimum Gasteiger partial charge on any atom is -0.497 e. The van der Waals surface area contributed by atoms with Crippen LogP contribution in [0.5, 0.6) is 5.75 Å². The average Bonchev–Trinajstić information content (AvgIpc) is 2.76. The molecule has 2 aromatic carbocycles. The number of fused-ring (bicyclic) bond motifs is 1. The number of carbonyl (C=O) groups excluding carboxylic acids is 1. The van der Waals surface area contributed by atoms with Gasteiger partial charge in [0.05, 0.1) is 7.11 Å². The summed E-state index contributed by atoms with van der Waals surface area (Å²) in [5.41, 5.74) is 3.64. The van der Waals surface area contributed by atoms with E-state index in [4.69, 9.17) is 4.74 Å². The van der Waals surface area contributed by atoms with Crippen molar-refractivity contribution in [2.45, 2.75) is 19.3 Å². The predicted octanol–water partition coefficient (Wildman–Crippen LogP) is 3.19. The summed E-state index contributed by atoms with van der Waals surface area (Å²) in [6, 6.07) is 16.6. The molecular formula is C23H29N3O2. The molecular weight excluding hydrogens is 350 g/mol. The van der Waals surface area contributed by atoms with E-state index in [0.29, 0.717) is 6.42 Å². The molecule has 1 saturated heterocycles. The van der Waals surface area contributed by atoms with Crippen molar-refractivity contribution in [2.75, 3.05) is 56.2 Å². The number of amides is 1. The van der Waals surface area contributed by atoms with Gasteiger partial charge in [-0.1, -0.05) is 24.3 Å². The Hall–Kier alpha value is -2.53. The fourth-order valence-corrected chi connectivity index (χ4v) is 4.23. The number of carbonyl (C=O) groups is 1. The quantitative estimate of drug-likeness (QED) is 0.772. The van der Waals surface area contributed by atoms with Gasteiger partial charge in [0.2, 0.25) is 5.91 Å². The van der Waals surface area contributed by atoms with Crippen molar-refractivity contribution in [1.82, 2.24) is 4.90 Å². The van der Waals surface area contributed by atoms with Crippen LogP contribution in [0.3, 0.4) is 0 Å². The van der Waals surface area contributed by atoms with Gasteiger partial charge in [-0.15, -0.1) is 0 Å². The smallest absolute Gasteiger partial charge is 0.227 e. The van der Waals surface area contributed by atoms with E-state index in [9.17, 15) is 4.79 Å². The number of benzene rings is 2. The predicted molar refractivity (Wildman–Crippen MR) is 113 cm³/mol. The van der Waals surface area contributed by atoms with Gasteiger partial charge in [0, 0.05) is 56.6 Å². The molecule has 0 aromatic heterocycles. The van der Waals surface area contributed by atoms with Crippen molar-refractivity contribution >= 4 is 17.3 Å². The van der Waals surface area contributed by atoms with Crippen molar-refractivity contribution in [2.24, 2.45) is 0 Å². The molecule has 28 heavy (non-hydrogen) atoms. The summed E-state index contributed by atoms with van der Waals surface area (Å²) >= 11 is 0. The highest BCUT2D eigenvalue weighted by Crippen LogP contribution is 2.27. The Morgan fingerprint density at radius 1 is 0.929 bits per heavy atom. The number of para-hydroxylation sites is 1. The third kappa shape index (κ3) is 4.14. The van der Waals surface area contributed by atoms with Crippen LogP contribution in [0.25, 0.3) is 0 Å². The molecule has 2 aliphatic rings. The summed E-state index contributed by atoms with van der Waals surface area (Å²) in [6.45, 7) is 6.02. The molecule has 2 aromatic rings. The van der Waals surface area contributed by atoms with Gasteiger partial charge in [-0.05, 0) is 43.1 Å². The van der Waals surface area contributed by atoms with Crippen LogP contribution in [0, 0.1) is 0 Å². The maximum Gasteiger partial charge on any atom is 0.227 e. The van der Waals surface area contributed by atoms with Gasteiger partial charge in [0.1, 0.15) is 5.75 Å². The monoisotopic (exact) mass is 379 g/mol. The summed E-state index contributed by atoms with van der Waals surface area (Å²) < 4.78 is 5.34. The number of aryl methyl sites for hydroxylation is 1. The fraction of sp³-hybridized carbons (Fsp3) is 0.435. The summed E-state index contributed by atoms with van der Waals surface area (Å²) in [5.74, 6) is 1.17. The number of anilines is 2. The highest BCUT2D eigenvalue weighted by Gasteiger charge is 2.24. The lowest BCUT2D eigenvalue weighted by molar-refractivity contribution is -0.118. The first kappa shape index (κ1) is 18.8. The van der Waals surface area contributed by atoms with Crippen molar-refractivity contribution in [1.29, 1.82) is 0 Å². The number of rotatable bonds is 6. The molecule has 0 N–H and O–H groups in total. The lowest BCUT2D eigenvalue weighted by atomic mass is 10.0. The first-order valence-corrected chi connectivity index (χ1v) is 10.2. The van der Waals surface area contributed by atoms with Gasteiger partial charge in [0.25, 0.3) is 0 Å². The highest BCUT2D eigenvalue weighted by molar-refractivity contribution is 5.96. The van der Waals surface area contributed by atoms with Crippen LogP contribution < -0.4 is 14.5 Å². The lowest BCUT2D eigenvalue weighted by Gasteiger charge is -2.36. The zero-order chi connectivity index (χ0) is 19.3. The molecule has 0 aliphatic carbocycles. The van der Waals surface area contributed by atoms with Gasteiger partial charge in [-0.2, -0.15) is 0 Å². The van der Waals surface area contributed by atoms with E-state index < -0.39 is 0 Å². The van der Waals surface area contributed by atoms with Gasteiger partial charge in [-0.25, -0.2) is 0 Å². The third-order valence-corrected chi connectivity index (χ3v) is 5.84. The summed E-state index contributed by atoms with van der Waals surface area (Å²) in [5, 5.41) is 0. The number of hydrogen-bond acceptors (Lipinski definition) is 4. The van der Waals surface area contributed by atoms with E-state index in [0.717, 1.165) is 63.5 Å². The van der Waals surface area contributed by atoms with Gasteiger partial charge in [0.15, 0.2) is 0 Å². The average molecular weight is 380 g/mol. The zero-order valence-electron chi connectivity index (χ0n) is 16.6. The number of nitrogens with zero attached hydrogens (tertiary/aromatic N) is 3. The fourth-order valence-electron chi connectivity index (χ4n) is 4.23. The number of ether oxygens (including phenoxy) is 1. The van der Waals surface area contributed by atoms with Crippen molar-refractivity contribution in [3.63, 3.8) is 0 Å². The van der Waals surface area contributed by atoms with Crippen LogP contribution in [0.1, 0.15) is 18.4 Å². The van der Waals surface area contributed by atoms with Crippen molar-refractivity contribution in [3.05, 3.63) is 54.1 Å². The van der Waals surface area contributed by atoms with Crippen molar-refractivity contribution in [3.8, 4) is 5.75 Å². The van der Waals surface area contributed by atoms with Crippen LogP contribution in [0.4, 0.5) is 11.4 Å². The molecule has 148 valence electrons. The highest BCUT2D eigenvalue weighted by atomic mass is 16.5. The van der Waals surface area contributed by atoms with E-state index in [1.165, 1.54) is 11.3 Å². The Morgan fingerprint density at radius 2 is 1.75 bits per heavy atom. The second kappa shape index (κ2) is 8.65. The van der Waals surface area contributed by atoms with Gasteiger partial charge in [-0.3, -0.25) is 9.69 Å². The standard InChI is InChI=1S/C23H29N3O2/c1-28-21-8-4-7-20(18-21)25-16-14-24(15-17-25)12-5-13-26-22-9-3-2-6-19(22)10-11-23(26)27/h2-4,6-9,18H,5,10-17H2,1H3. The maximum atomic E-state index is 12.4. The molecule has 0 spiro atoms. The first-order chi connectivity index (χ1) is 13.7. The molecule has 1 amide bonds. The Kier molecular flexibility index (Phi) is 5.81. The van der Waals surface area contributed by atoms with E-state index in [1.807, 2.05) is 23.1 Å². The molecule has 0 atom stereocenters. The van der Waals surface area contributed by atoms with Crippen LogP contribution in [-0.4, -0.2) is 57.2 Å². The summed E-state index contributed by atoms with van der Waals surface area (Å²) in [4.78, 5) is 19.3. The minimum absolute atomic E-state index is 0.265. The summed E-state index contributed by atoms with van der Waals surface area (Å²) in [7, 11) is 1.71. The van der Waals surface area contributed by atoms with E-state index in [1.54, 1.807) is 7.11 Å². The third-order valence-electron chi connectivity index (χ3n) is 5.84. The van der Waals surface area contributed by atoms with E-state index in [2.05, 4.69) is 40.1 Å². The topological polar surface area (TPSA) is 36.0 Å². The normalized spacial score (nSPS) is 17.5. The second-order valence-corrected chi connectivity index (χ2v) is 7.56. The molecule has 0 unspecified atom stereocenters. The second-order valence-electron chi connectivity index (χ2n) is 7.56. The molecule has 2 heterocycles. The molecule has 4 rings (SSSR count). The first-order valence-electron chi connectivity index (χ1n) is 10.2. The Labute approximate surface area is 167 Å². The number of methoxy groups -OCH3 is 1. The molecule has 5 nitrogen and oxygen atoms in total. The largest absolute Gasteiger partial charge is 0.497 e. The zero-order valence-corrected chi connectivity index (χ0v) is 16.6. The minimum atomic E-state index is 0.265. The summed E-state index contributed by atoms with van der Waals surface area (Å²) in [6.07, 6.45) is 2.52. The van der Waals surface area contributed by atoms with Gasteiger partial charge < -0.3 is 14.5 Å². The molecule has 0 bridgehead atoms. The lowest BCUT2D eigenvalue weighted by Crippen LogP contribution is -2.47. The SMILES string of the molecule is COc1cccc(N2CCN(CCCN3C(=O)CCc4ccccc43)CC2)c1. The van der Waals surface area contributed by atoms with Crippen LogP contribution in [0.2, 0.25) is 0 Å². The van der Waals surface area contributed by atoms with Crippen LogP contribution in [0.15, 0.2) is 48.5 Å². The van der Waals surface area contributed by atoms with E-state index in [-0.39, 0.29) is 5.91 Å². The molecule has 2 aliphatic heterocycles. The van der Waals surface area contributed by atoms with E-state index >= 15 is 0 Å². The molecule has 1 fully saturated rings. The Morgan fingerprint density at radius 3 is 2.57 bits per heavy atom. The number of piperazine rings is 1. The van der Waals surface area contributed by atoms with Crippen LogP contribution in [-0.2, 0) is 11.2 Å². The molecule has 0 radical (unpaired) electrons. The number of hydrogen-bond donors (Lipinski definition) is 0. The van der Waals surface area contributed by atoms with Crippen LogP contribution >= 0.6 is 0 Å². The maximum absolute atomic E-state index is 12.4. The molecule has 0 saturated carbocycles. The Bertz CT molecular complexity index is 815. The Balaban J connectivity index is 1.26. The van der Waals surface area contributed by atoms with Gasteiger partial charge >= 0.3 is 0 Å². The molecule has 5 heteroatoms.